The van der Waals surface area contributed by atoms with Crippen molar-refractivity contribution in [2.45, 2.75) is 45.4 Å². The summed E-state index contributed by atoms with van der Waals surface area (Å²) in [5, 5.41) is 0. The minimum absolute atomic E-state index is 0.0145. The van der Waals surface area contributed by atoms with Gasteiger partial charge in [-0.1, -0.05) is 31.9 Å². The van der Waals surface area contributed by atoms with Crippen LogP contribution >= 0.6 is 0 Å². The van der Waals surface area contributed by atoms with Crippen molar-refractivity contribution in [3.05, 3.63) is 29.8 Å². The maximum absolute atomic E-state index is 12.5. The average molecular weight is 358 g/mol. The molecule has 0 N–H and O–H groups in total. The first kappa shape index (κ1) is 18.7. The second-order valence-corrected chi connectivity index (χ2v) is 7.80. The number of hydrogen-bond acceptors (Lipinski definition) is 3. The van der Waals surface area contributed by atoms with Crippen molar-refractivity contribution in [2.75, 3.05) is 33.3 Å². The standard InChI is InChI=1S/C21H30N2O3/c1-3-17-7-6-8-18(13-17)26-12-11-22(2)20(25)15-23-16-21(14-19(23)24)9-4-5-10-21/h6-8,13H,3-5,9-12,14-16H2,1-2H3. The Morgan fingerprint density at radius 1 is 1.31 bits per heavy atom. The van der Waals surface area contributed by atoms with Crippen LogP contribution in [0.25, 0.3) is 0 Å². The molecule has 1 aliphatic heterocycles. The molecule has 0 atom stereocenters. The third-order valence-electron chi connectivity index (χ3n) is 5.82. The zero-order valence-electron chi connectivity index (χ0n) is 16.0. The van der Waals surface area contributed by atoms with Crippen LogP contribution in [-0.4, -0.2) is 54.9 Å². The van der Waals surface area contributed by atoms with E-state index in [1.54, 1.807) is 16.8 Å². The number of carbonyl (C=O) groups excluding carboxylic acids is 2. The highest BCUT2D eigenvalue weighted by Gasteiger charge is 2.45. The minimum atomic E-state index is -0.0145. The molecule has 1 spiro atoms. The summed E-state index contributed by atoms with van der Waals surface area (Å²) >= 11 is 0. The SMILES string of the molecule is CCc1cccc(OCCN(C)C(=O)CN2CC3(CCCC3)CC2=O)c1. The van der Waals surface area contributed by atoms with Crippen molar-refractivity contribution in [1.29, 1.82) is 0 Å². The highest BCUT2D eigenvalue weighted by Crippen LogP contribution is 2.45. The van der Waals surface area contributed by atoms with Crippen molar-refractivity contribution in [3.8, 4) is 5.75 Å². The molecule has 1 saturated heterocycles. The van der Waals surface area contributed by atoms with Crippen molar-refractivity contribution in [1.82, 2.24) is 9.80 Å². The Hall–Kier alpha value is -2.04. The molecule has 2 amide bonds. The topological polar surface area (TPSA) is 49.9 Å². The summed E-state index contributed by atoms with van der Waals surface area (Å²) in [6.07, 6.45) is 6.28. The van der Waals surface area contributed by atoms with Gasteiger partial charge in [0.2, 0.25) is 11.8 Å². The smallest absolute Gasteiger partial charge is 0.242 e. The summed E-state index contributed by atoms with van der Waals surface area (Å²) in [5.41, 5.74) is 1.39. The molecule has 1 heterocycles. The molecule has 0 bridgehead atoms. The summed E-state index contributed by atoms with van der Waals surface area (Å²) in [5.74, 6) is 0.962. The molecule has 5 nitrogen and oxygen atoms in total. The molecule has 2 aliphatic rings. The van der Waals surface area contributed by atoms with Gasteiger partial charge in [-0.25, -0.2) is 0 Å². The number of hydrogen-bond donors (Lipinski definition) is 0. The number of aryl methyl sites for hydroxylation is 1. The van der Waals surface area contributed by atoms with E-state index < -0.39 is 0 Å². The zero-order valence-corrected chi connectivity index (χ0v) is 16.0. The van der Waals surface area contributed by atoms with Crippen LogP contribution in [-0.2, 0) is 16.0 Å². The van der Waals surface area contributed by atoms with Crippen LogP contribution in [0.3, 0.4) is 0 Å². The normalized spacial score (nSPS) is 18.5. The van der Waals surface area contributed by atoms with Crippen molar-refractivity contribution < 1.29 is 14.3 Å². The molecule has 142 valence electrons. The van der Waals surface area contributed by atoms with Gasteiger partial charge in [0.05, 0.1) is 13.1 Å². The molecule has 1 aromatic rings. The Balaban J connectivity index is 1.43. The van der Waals surface area contributed by atoms with Crippen LogP contribution in [0.4, 0.5) is 0 Å². The van der Waals surface area contributed by atoms with Gasteiger partial charge >= 0.3 is 0 Å². The van der Waals surface area contributed by atoms with Gasteiger partial charge in [0.1, 0.15) is 12.4 Å². The second kappa shape index (κ2) is 8.11. The number of amides is 2. The fraction of sp³-hybridized carbons (Fsp3) is 0.619. The van der Waals surface area contributed by atoms with E-state index in [4.69, 9.17) is 4.74 Å². The first-order valence-corrected chi connectivity index (χ1v) is 9.75. The van der Waals surface area contributed by atoms with E-state index in [9.17, 15) is 9.59 Å². The van der Waals surface area contributed by atoms with Gasteiger partial charge in [-0.2, -0.15) is 0 Å². The van der Waals surface area contributed by atoms with Crippen molar-refractivity contribution >= 4 is 11.8 Å². The third-order valence-corrected chi connectivity index (χ3v) is 5.82. The molecule has 1 saturated carbocycles. The summed E-state index contributed by atoms with van der Waals surface area (Å²) in [6.45, 7) is 4.03. The highest BCUT2D eigenvalue weighted by atomic mass is 16.5. The fourth-order valence-electron chi connectivity index (χ4n) is 4.15. The van der Waals surface area contributed by atoms with E-state index in [2.05, 4.69) is 13.0 Å². The predicted molar refractivity (Wildman–Crippen MR) is 101 cm³/mol. The average Bonchev–Trinajstić information content (AvgIpc) is 3.21. The van der Waals surface area contributed by atoms with Crippen LogP contribution < -0.4 is 4.74 Å². The van der Waals surface area contributed by atoms with Gasteiger partial charge in [0.15, 0.2) is 0 Å². The molecule has 3 rings (SSSR count). The zero-order chi connectivity index (χ0) is 18.6. The molecule has 1 aliphatic carbocycles. The molecule has 0 unspecified atom stereocenters. The van der Waals surface area contributed by atoms with Crippen LogP contribution in [0.5, 0.6) is 5.75 Å². The second-order valence-electron chi connectivity index (χ2n) is 7.80. The van der Waals surface area contributed by atoms with E-state index in [1.165, 1.54) is 18.4 Å². The number of carbonyl (C=O) groups is 2. The third kappa shape index (κ3) is 4.37. The van der Waals surface area contributed by atoms with E-state index in [0.29, 0.717) is 19.6 Å². The van der Waals surface area contributed by atoms with Gasteiger partial charge in [0.25, 0.3) is 0 Å². The molecular formula is C21H30N2O3. The molecule has 5 heteroatoms. The molecule has 0 radical (unpaired) electrons. The molecular weight excluding hydrogens is 328 g/mol. The lowest BCUT2D eigenvalue weighted by atomic mass is 9.85. The van der Waals surface area contributed by atoms with Gasteiger partial charge in [-0.15, -0.1) is 0 Å². The van der Waals surface area contributed by atoms with Crippen LogP contribution in [0, 0.1) is 5.41 Å². The van der Waals surface area contributed by atoms with Gasteiger partial charge < -0.3 is 14.5 Å². The summed E-state index contributed by atoms with van der Waals surface area (Å²) in [7, 11) is 1.78. The van der Waals surface area contributed by atoms with E-state index >= 15 is 0 Å². The Morgan fingerprint density at radius 2 is 2.08 bits per heavy atom. The van der Waals surface area contributed by atoms with Crippen molar-refractivity contribution in [3.63, 3.8) is 0 Å². The van der Waals surface area contributed by atoms with E-state index in [-0.39, 0.29) is 23.8 Å². The number of likely N-dealkylation sites (N-methyl/N-ethyl adjacent to an activating group) is 1. The Labute approximate surface area is 156 Å². The van der Waals surface area contributed by atoms with E-state index in [0.717, 1.165) is 31.6 Å². The number of rotatable bonds is 7. The minimum Gasteiger partial charge on any atom is -0.492 e. The Morgan fingerprint density at radius 3 is 2.81 bits per heavy atom. The summed E-state index contributed by atoms with van der Waals surface area (Å²) in [6, 6.07) is 8.03. The lowest BCUT2D eigenvalue weighted by molar-refractivity contribution is -0.137. The largest absolute Gasteiger partial charge is 0.492 e. The molecule has 26 heavy (non-hydrogen) atoms. The van der Waals surface area contributed by atoms with Crippen LogP contribution in [0.2, 0.25) is 0 Å². The number of ether oxygens (including phenoxy) is 1. The van der Waals surface area contributed by atoms with Gasteiger partial charge in [-0.05, 0) is 42.4 Å². The highest BCUT2D eigenvalue weighted by molar-refractivity contribution is 5.86. The Kier molecular flexibility index (Phi) is 5.84. The van der Waals surface area contributed by atoms with Gasteiger partial charge in [-0.3, -0.25) is 9.59 Å². The Bertz CT molecular complexity index is 652. The lowest BCUT2D eigenvalue weighted by Crippen LogP contribution is -2.41. The summed E-state index contributed by atoms with van der Waals surface area (Å²) < 4.78 is 5.76. The molecule has 1 aromatic carbocycles. The van der Waals surface area contributed by atoms with Crippen LogP contribution in [0.15, 0.2) is 24.3 Å². The van der Waals surface area contributed by atoms with E-state index in [1.807, 2.05) is 18.2 Å². The number of likely N-dealkylation sites (tertiary alicyclic amines) is 1. The first-order valence-electron chi connectivity index (χ1n) is 9.75. The van der Waals surface area contributed by atoms with Gasteiger partial charge in [0, 0.05) is 20.0 Å². The fourth-order valence-corrected chi connectivity index (χ4v) is 4.15. The molecule has 2 fully saturated rings. The quantitative estimate of drug-likeness (QED) is 0.753. The number of nitrogens with zero attached hydrogens (tertiary/aromatic N) is 2. The lowest BCUT2D eigenvalue weighted by Gasteiger charge is -2.24. The monoisotopic (exact) mass is 358 g/mol. The molecule has 0 aromatic heterocycles. The predicted octanol–water partition coefficient (Wildman–Crippen LogP) is 2.88. The summed E-state index contributed by atoms with van der Waals surface area (Å²) in [4.78, 5) is 28.2. The van der Waals surface area contributed by atoms with Crippen LogP contribution in [0.1, 0.15) is 44.6 Å². The first-order chi connectivity index (χ1) is 12.5. The number of benzene rings is 1. The maximum atomic E-state index is 12.5. The van der Waals surface area contributed by atoms with Crippen molar-refractivity contribution in [2.24, 2.45) is 5.41 Å². The maximum Gasteiger partial charge on any atom is 0.242 e.